The third-order valence-corrected chi connectivity index (χ3v) is 5.41. The molecule has 0 aliphatic heterocycles. The van der Waals surface area contributed by atoms with E-state index in [1.807, 2.05) is 0 Å². The highest BCUT2D eigenvalue weighted by atomic mass is 32.1. The molecule has 31 heavy (non-hydrogen) atoms. The molecule has 0 bridgehead atoms. The zero-order valence-electron chi connectivity index (χ0n) is 15.8. The number of thiazole rings is 1. The van der Waals surface area contributed by atoms with Gasteiger partial charge in [0.05, 0.1) is 17.6 Å². The maximum absolute atomic E-state index is 13.8. The predicted octanol–water partition coefficient (Wildman–Crippen LogP) is 2.60. The molecule has 4 aromatic heterocycles. The van der Waals surface area contributed by atoms with Gasteiger partial charge in [0.1, 0.15) is 17.2 Å². The van der Waals surface area contributed by atoms with E-state index in [9.17, 15) is 13.6 Å². The number of nitrogens with two attached hydrogens (primary N) is 1. The number of aromatic amines is 1. The van der Waals surface area contributed by atoms with E-state index in [0.717, 1.165) is 18.2 Å². The fraction of sp³-hybridized carbons (Fsp3) is 0.105. The first-order chi connectivity index (χ1) is 15.0. The van der Waals surface area contributed by atoms with Crippen LogP contribution in [0, 0.1) is 11.6 Å². The van der Waals surface area contributed by atoms with Crippen molar-refractivity contribution in [1.82, 2.24) is 29.3 Å². The second kappa shape index (κ2) is 7.40. The Bertz CT molecular complexity index is 1470. The lowest BCUT2D eigenvalue weighted by atomic mass is 10.0. The molecule has 5 aromatic rings. The second-order valence-corrected chi connectivity index (χ2v) is 7.53. The Morgan fingerprint density at radius 3 is 2.77 bits per heavy atom. The molecule has 156 valence electrons. The standard InChI is InChI=1S/C19H14F2N8OS/c20-10-5-9(6-11(21)7-10)13-12(26-19-29(17(13)30)3-4-31-19)1-2-23-15-14-16(25-8-24-14)28-18(22)27-15/h3-8H,1-2H2,(H4,22,23,24,25,27,28). The van der Waals surface area contributed by atoms with Crippen LogP contribution in [0.5, 0.6) is 0 Å². The van der Waals surface area contributed by atoms with Gasteiger partial charge in [-0.2, -0.15) is 9.97 Å². The van der Waals surface area contributed by atoms with Gasteiger partial charge in [0.25, 0.3) is 5.56 Å². The van der Waals surface area contributed by atoms with Gasteiger partial charge in [-0.15, -0.1) is 11.3 Å². The third-order valence-electron chi connectivity index (χ3n) is 4.65. The SMILES string of the molecule is Nc1nc(NCCc2nc3sccn3c(=O)c2-c2cc(F)cc(F)c2)c2[nH]cnc2n1. The number of hydrogen-bond donors (Lipinski definition) is 3. The number of benzene rings is 1. The summed E-state index contributed by atoms with van der Waals surface area (Å²) < 4.78 is 29.1. The summed E-state index contributed by atoms with van der Waals surface area (Å²) in [6.45, 7) is 0.323. The molecule has 4 N–H and O–H groups in total. The maximum Gasteiger partial charge on any atom is 0.266 e. The number of hydrogen-bond acceptors (Lipinski definition) is 8. The van der Waals surface area contributed by atoms with Gasteiger partial charge in [-0.3, -0.25) is 9.20 Å². The van der Waals surface area contributed by atoms with Gasteiger partial charge in [-0.25, -0.2) is 18.7 Å². The van der Waals surface area contributed by atoms with Gasteiger partial charge < -0.3 is 16.0 Å². The van der Waals surface area contributed by atoms with Crippen molar-refractivity contribution in [3.05, 3.63) is 63.8 Å². The van der Waals surface area contributed by atoms with E-state index in [1.54, 1.807) is 11.6 Å². The molecule has 0 spiro atoms. The van der Waals surface area contributed by atoms with Crippen molar-refractivity contribution >= 4 is 39.2 Å². The lowest BCUT2D eigenvalue weighted by Gasteiger charge is -2.11. The molecule has 0 radical (unpaired) electrons. The van der Waals surface area contributed by atoms with Gasteiger partial charge in [0.15, 0.2) is 16.4 Å². The number of fused-ring (bicyclic) bond motifs is 2. The zero-order valence-corrected chi connectivity index (χ0v) is 16.6. The van der Waals surface area contributed by atoms with Crippen LogP contribution in [-0.2, 0) is 6.42 Å². The summed E-state index contributed by atoms with van der Waals surface area (Å²) in [6.07, 6.45) is 3.35. The first kappa shape index (κ1) is 19.1. The average molecular weight is 440 g/mol. The van der Waals surface area contributed by atoms with Crippen LogP contribution in [0.4, 0.5) is 20.5 Å². The van der Waals surface area contributed by atoms with Crippen molar-refractivity contribution in [3.8, 4) is 11.1 Å². The Balaban J connectivity index is 1.53. The summed E-state index contributed by atoms with van der Waals surface area (Å²) in [4.78, 5) is 33.3. The summed E-state index contributed by atoms with van der Waals surface area (Å²) in [7, 11) is 0. The van der Waals surface area contributed by atoms with E-state index < -0.39 is 17.2 Å². The first-order valence-corrected chi connectivity index (χ1v) is 10.0. The summed E-state index contributed by atoms with van der Waals surface area (Å²) >= 11 is 1.29. The van der Waals surface area contributed by atoms with E-state index >= 15 is 0 Å². The number of imidazole rings is 1. The molecule has 0 saturated carbocycles. The van der Waals surface area contributed by atoms with Crippen LogP contribution in [0.25, 0.3) is 27.3 Å². The normalized spacial score (nSPS) is 11.4. The van der Waals surface area contributed by atoms with E-state index in [2.05, 4.69) is 30.2 Å². The smallest absolute Gasteiger partial charge is 0.266 e. The molecule has 1 aromatic carbocycles. The average Bonchev–Trinajstić information content (AvgIpc) is 3.36. The lowest BCUT2D eigenvalue weighted by molar-refractivity contribution is 0.584. The number of anilines is 2. The Hall–Kier alpha value is -3.93. The molecule has 12 heteroatoms. The Morgan fingerprint density at radius 1 is 1.16 bits per heavy atom. The molecule has 9 nitrogen and oxygen atoms in total. The van der Waals surface area contributed by atoms with Crippen LogP contribution in [0.15, 0.2) is 40.9 Å². The molecule has 4 heterocycles. The molecule has 0 fully saturated rings. The van der Waals surface area contributed by atoms with Crippen molar-refractivity contribution in [2.24, 2.45) is 0 Å². The van der Waals surface area contributed by atoms with Crippen molar-refractivity contribution in [2.75, 3.05) is 17.6 Å². The second-order valence-electron chi connectivity index (χ2n) is 6.66. The zero-order chi connectivity index (χ0) is 21.5. The molecular formula is C19H14F2N8OS. The Kier molecular flexibility index (Phi) is 4.55. The van der Waals surface area contributed by atoms with Crippen LogP contribution in [0.2, 0.25) is 0 Å². The van der Waals surface area contributed by atoms with Gasteiger partial charge >= 0.3 is 0 Å². The van der Waals surface area contributed by atoms with Crippen molar-refractivity contribution in [1.29, 1.82) is 0 Å². The minimum atomic E-state index is -0.771. The van der Waals surface area contributed by atoms with E-state index in [0.29, 0.717) is 34.2 Å². The van der Waals surface area contributed by atoms with Crippen molar-refractivity contribution in [2.45, 2.75) is 6.42 Å². The van der Waals surface area contributed by atoms with Gasteiger partial charge in [0, 0.05) is 30.6 Å². The topological polar surface area (TPSA) is 127 Å². The quantitative estimate of drug-likeness (QED) is 0.383. The van der Waals surface area contributed by atoms with Crippen molar-refractivity contribution < 1.29 is 8.78 Å². The number of halogens is 2. The molecule has 0 saturated heterocycles. The number of nitrogens with zero attached hydrogens (tertiary/aromatic N) is 5. The van der Waals surface area contributed by atoms with Crippen LogP contribution in [-0.4, -0.2) is 35.9 Å². The molecule has 0 unspecified atom stereocenters. The highest BCUT2D eigenvalue weighted by Gasteiger charge is 2.17. The van der Waals surface area contributed by atoms with Crippen molar-refractivity contribution in [3.63, 3.8) is 0 Å². The monoisotopic (exact) mass is 440 g/mol. The molecule has 0 atom stereocenters. The fourth-order valence-corrected chi connectivity index (χ4v) is 4.09. The summed E-state index contributed by atoms with van der Waals surface area (Å²) in [5.41, 5.74) is 7.02. The number of H-pyrrole nitrogens is 1. The van der Waals surface area contributed by atoms with Crippen LogP contribution in [0.1, 0.15) is 5.69 Å². The third kappa shape index (κ3) is 3.46. The van der Waals surface area contributed by atoms with E-state index in [-0.39, 0.29) is 23.5 Å². The summed E-state index contributed by atoms with van der Waals surface area (Å²) in [6, 6.07) is 3.00. The van der Waals surface area contributed by atoms with Crippen LogP contribution in [0.3, 0.4) is 0 Å². The van der Waals surface area contributed by atoms with Crippen LogP contribution < -0.4 is 16.6 Å². The minimum Gasteiger partial charge on any atom is -0.368 e. The number of rotatable bonds is 5. The molecule has 0 aliphatic carbocycles. The lowest BCUT2D eigenvalue weighted by Crippen LogP contribution is -2.20. The molecule has 5 rings (SSSR count). The largest absolute Gasteiger partial charge is 0.368 e. The predicted molar refractivity (Wildman–Crippen MR) is 113 cm³/mol. The van der Waals surface area contributed by atoms with Gasteiger partial charge in [-0.05, 0) is 17.7 Å². The van der Waals surface area contributed by atoms with Gasteiger partial charge in [0.2, 0.25) is 5.95 Å². The molecular weight excluding hydrogens is 426 g/mol. The molecule has 0 amide bonds. The summed E-state index contributed by atoms with van der Waals surface area (Å²) in [5.74, 6) is -1.03. The maximum atomic E-state index is 13.8. The number of nitrogens with one attached hydrogen (secondary N) is 2. The van der Waals surface area contributed by atoms with E-state index in [4.69, 9.17) is 5.73 Å². The van der Waals surface area contributed by atoms with E-state index in [1.165, 1.54) is 22.1 Å². The Morgan fingerprint density at radius 2 is 1.97 bits per heavy atom. The summed E-state index contributed by atoms with van der Waals surface area (Å²) in [5, 5.41) is 4.85. The highest BCUT2D eigenvalue weighted by Crippen LogP contribution is 2.24. The van der Waals surface area contributed by atoms with Crippen LogP contribution >= 0.6 is 11.3 Å². The highest BCUT2D eigenvalue weighted by molar-refractivity contribution is 7.15. The fourth-order valence-electron chi connectivity index (χ4n) is 3.37. The number of nitrogen functional groups attached to an aromatic ring is 1. The van der Waals surface area contributed by atoms with Gasteiger partial charge in [-0.1, -0.05) is 0 Å². The first-order valence-electron chi connectivity index (χ1n) is 9.15. The Labute approximate surface area is 176 Å². The minimum absolute atomic E-state index is 0.0643. The number of aromatic nitrogens is 6. The molecule has 0 aliphatic rings.